The molecule has 0 radical (unpaired) electrons. The minimum atomic E-state index is -0.640. The third kappa shape index (κ3) is 4.80. The Bertz CT molecular complexity index is 1480. The van der Waals surface area contributed by atoms with Crippen molar-refractivity contribution in [1.29, 1.82) is 0 Å². The summed E-state index contributed by atoms with van der Waals surface area (Å²) in [5.41, 5.74) is 5.07. The van der Waals surface area contributed by atoms with E-state index in [9.17, 15) is 9.59 Å². The Morgan fingerprint density at radius 2 is 1.92 bits per heavy atom. The number of aromatic nitrogens is 2. The highest BCUT2D eigenvalue weighted by Crippen LogP contribution is 2.36. The summed E-state index contributed by atoms with van der Waals surface area (Å²) in [5.74, 6) is 0.601. The lowest BCUT2D eigenvalue weighted by Gasteiger charge is -2.25. The molecule has 2 aromatic carbocycles. The standard InChI is InChI=1S/C29H30N4O5/c1-36-17-20-7-6-12-33(20)28(34)23-13-18(10-11-25(23)32-29(35)38-3)19-14-22-24(16-31-27(22)30-15-19)21-8-4-5-9-26(21)37-2/h4-5,8-11,13-16,20H,6-7,12,17H2,1-3H3,(H,30,31)(H,32,35)/t20-/m0/s1. The molecule has 0 aliphatic carbocycles. The van der Waals surface area contributed by atoms with Crippen molar-refractivity contribution >= 4 is 28.7 Å². The van der Waals surface area contributed by atoms with Gasteiger partial charge in [-0.25, -0.2) is 9.78 Å². The first kappa shape index (κ1) is 25.3. The second-order valence-electron chi connectivity index (χ2n) is 9.15. The summed E-state index contributed by atoms with van der Waals surface area (Å²) < 4.78 is 15.7. The quantitative estimate of drug-likeness (QED) is 0.345. The van der Waals surface area contributed by atoms with E-state index in [-0.39, 0.29) is 11.9 Å². The van der Waals surface area contributed by atoms with Gasteiger partial charge in [0.15, 0.2) is 0 Å². The number of carbonyl (C=O) groups excluding carboxylic acids is 2. The molecule has 9 nitrogen and oxygen atoms in total. The fourth-order valence-electron chi connectivity index (χ4n) is 5.05. The number of rotatable bonds is 7. The number of fused-ring (bicyclic) bond motifs is 1. The van der Waals surface area contributed by atoms with E-state index in [1.54, 1.807) is 32.5 Å². The topological polar surface area (TPSA) is 106 Å². The zero-order valence-corrected chi connectivity index (χ0v) is 21.6. The number of hydrogen-bond acceptors (Lipinski definition) is 6. The highest BCUT2D eigenvalue weighted by molar-refractivity contribution is 6.04. The summed E-state index contributed by atoms with van der Waals surface area (Å²) in [5, 5.41) is 3.61. The number of benzene rings is 2. The van der Waals surface area contributed by atoms with Gasteiger partial charge in [0.1, 0.15) is 11.4 Å². The van der Waals surface area contributed by atoms with Gasteiger partial charge in [-0.1, -0.05) is 24.3 Å². The minimum Gasteiger partial charge on any atom is -0.496 e. The van der Waals surface area contributed by atoms with Crippen LogP contribution in [-0.4, -0.2) is 67.4 Å². The van der Waals surface area contributed by atoms with Gasteiger partial charge in [-0.3, -0.25) is 10.1 Å². The Morgan fingerprint density at radius 3 is 2.71 bits per heavy atom. The van der Waals surface area contributed by atoms with Crippen LogP contribution in [0.1, 0.15) is 23.2 Å². The van der Waals surface area contributed by atoms with E-state index in [0.717, 1.165) is 51.9 Å². The number of hydrogen-bond donors (Lipinski definition) is 2. The van der Waals surface area contributed by atoms with Crippen molar-refractivity contribution in [2.24, 2.45) is 0 Å². The van der Waals surface area contributed by atoms with Gasteiger partial charge in [0, 0.05) is 48.1 Å². The van der Waals surface area contributed by atoms with Crippen LogP contribution >= 0.6 is 0 Å². The van der Waals surface area contributed by atoms with Crippen LogP contribution in [0.4, 0.5) is 10.5 Å². The number of H-pyrrole nitrogens is 1. The largest absolute Gasteiger partial charge is 0.496 e. The Balaban J connectivity index is 1.58. The molecule has 5 rings (SSSR count). The maximum Gasteiger partial charge on any atom is 0.411 e. The van der Waals surface area contributed by atoms with E-state index >= 15 is 0 Å². The molecule has 1 aliphatic rings. The summed E-state index contributed by atoms with van der Waals surface area (Å²) in [6, 6.07) is 15.2. The Kier molecular flexibility index (Phi) is 7.28. The molecule has 1 atom stereocenters. The van der Waals surface area contributed by atoms with Crippen LogP contribution in [0.25, 0.3) is 33.3 Å². The summed E-state index contributed by atoms with van der Waals surface area (Å²) in [6.45, 7) is 1.10. The fourth-order valence-corrected chi connectivity index (χ4v) is 5.05. The Hall–Kier alpha value is -4.37. The van der Waals surface area contributed by atoms with Crippen LogP contribution in [0.5, 0.6) is 5.75 Å². The number of carbonyl (C=O) groups is 2. The predicted octanol–water partition coefficient (Wildman–Crippen LogP) is 5.33. The first-order chi connectivity index (χ1) is 18.5. The molecule has 1 fully saturated rings. The summed E-state index contributed by atoms with van der Waals surface area (Å²) in [6.07, 6.45) is 4.82. The molecule has 2 amide bonds. The molecule has 0 bridgehead atoms. The Morgan fingerprint density at radius 1 is 1.08 bits per heavy atom. The number of ether oxygens (including phenoxy) is 3. The zero-order chi connectivity index (χ0) is 26.6. The van der Waals surface area contributed by atoms with Crippen molar-refractivity contribution in [2.75, 3.05) is 39.8 Å². The molecule has 38 heavy (non-hydrogen) atoms. The lowest BCUT2D eigenvalue weighted by Crippen LogP contribution is -2.38. The smallest absolute Gasteiger partial charge is 0.411 e. The second-order valence-corrected chi connectivity index (χ2v) is 9.15. The Labute approximate surface area is 220 Å². The summed E-state index contributed by atoms with van der Waals surface area (Å²) in [4.78, 5) is 35.5. The molecular formula is C29H30N4O5. The molecule has 4 aromatic rings. The SMILES string of the molecule is COC[C@@H]1CCCN1C(=O)c1cc(-c2cnc3[nH]cc(-c4ccccc4OC)c3c2)ccc1NC(=O)OC. The number of para-hydroxylation sites is 1. The molecule has 0 unspecified atom stereocenters. The van der Waals surface area contributed by atoms with E-state index < -0.39 is 6.09 Å². The minimum absolute atomic E-state index is 0.0107. The second kappa shape index (κ2) is 10.9. The van der Waals surface area contributed by atoms with Crippen molar-refractivity contribution in [3.8, 4) is 28.0 Å². The van der Waals surface area contributed by atoms with E-state index in [1.165, 1.54) is 7.11 Å². The molecule has 1 aliphatic heterocycles. The van der Waals surface area contributed by atoms with Crippen LogP contribution in [0.2, 0.25) is 0 Å². The lowest BCUT2D eigenvalue weighted by atomic mass is 9.99. The zero-order valence-electron chi connectivity index (χ0n) is 21.6. The number of anilines is 1. The molecule has 2 N–H and O–H groups in total. The number of methoxy groups -OCH3 is 3. The summed E-state index contributed by atoms with van der Waals surface area (Å²) in [7, 11) is 4.57. The van der Waals surface area contributed by atoms with Crippen LogP contribution in [0.15, 0.2) is 60.9 Å². The summed E-state index contributed by atoms with van der Waals surface area (Å²) >= 11 is 0. The van der Waals surface area contributed by atoms with Crippen molar-refractivity contribution in [3.05, 3.63) is 66.5 Å². The number of nitrogens with one attached hydrogen (secondary N) is 2. The number of nitrogens with zero attached hydrogens (tertiary/aromatic N) is 2. The van der Waals surface area contributed by atoms with Gasteiger partial charge in [0.05, 0.1) is 38.1 Å². The molecule has 196 valence electrons. The average Bonchev–Trinajstić information content (AvgIpc) is 3.59. The number of likely N-dealkylation sites (tertiary alicyclic amines) is 1. The van der Waals surface area contributed by atoms with Crippen LogP contribution in [0, 0.1) is 0 Å². The van der Waals surface area contributed by atoms with Crippen LogP contribution in [-0.2, 0) is 9.47 Å². The molecule has 9 heteroatoms. The monoisotopic (exact) mass is 514 g/mol. The van der Waals surface area contributed by atoms with Gasteiger partial charge in [-0.15, -0.1) is 0 Å². The predicted molar refractivity (Wildman–Crippen MR) is 145 cm³/mol. The molecule has 2 aromatic heterocycles. The van der Waals surface area contributed by atoms with Gasteiger partial charge in [0.2, 0.25) is 0 Å². The van der Waals surface area contributed by atoms with Gasteiger partial charge >= 0.3 is 6.09 Å². The van der Waals surface area contributed by atoms with Gasteiger partial charge in [-0.05, 0) is 42.7 Å². The number of pyridine rings is 1. The van der Waals surface area contributed by atoms with Crippen LogP contribution in [0.3, 0.4) is 0 Å². The van der Waals surface area contributed by atoms with Gasteiger partial charge in [-0.2, -0.15) is 0 Å². The highest BCUT2D eigenvalue weighted by Gasteiger charge is 2.31. The third-order valence-corrected chi connectivity index (χ3v) is 6.93. The van der Waals surface area contributed by atoms with Crippen molar-refractivity contribution in [1.82, 2.24) is 14.9 Å². The highest BCUT2D eigenvalue weighted by atomic mass is 16.5. The number of amides is 2. The lowest BCUT2D eigenvalue weighted by molar-refractivity contribution is 0.0631. The van der Waals surface area contributed by atoms with Crippen molar-refractivity contribution in [2.45, 2.75) is 18.9 Å². The fraction of sp³-hybridized carbons (Fsp3) is 0.276. The number of aromatic amines is 1. The van der Waals surface area contributed by atoms with Crippen molar-refractivity contribution < 1.29 is 23.8 Å². The molecule has 0 saturated carbocycles. The molecule has 3 heterocycles. The average molecular weight is 515 g/mol. The van der Waals surface area contributed by atoms with Gasteiger partial charge < -0.3 is 24.1 Å². The first-order valence-electron chi connectivity index (χ1n) is 12.4. The normalized spacial score (nSPS) is 15.0. The molecular weight excluding hydrogens is 484 g/mol. The van der Waals surface area contributed by atoms with E-state index in [1.807, 2.05) is 47.5 Å². The maximum atomic E-state index is 13.7. The van der Waals surface area contributed by atoms with Gasteiger partial charge in [0.25, 0.3) is 5.91 Å². The van der Waals surface area contributed by atoms with E-state index in [4.69, 9.17) is 14.2 Å². The third-order valence-electron chi connectivity index (χ3n) is 6.93. The maximum absolute atomic E-state index is 13.7. The first-order valence-corrected chi connectivity index (χ1v) is 12.4. The van der Waals surface area contributed by atoms with E-state index in [0.29, 0.717) is 24.4 Å². The van der Waals surface area contributed by atoms with Crippen LogP contribution < -0.4 is 10.1 Å². The molecule has 1 saturated heterocycles. The van der Waals surface area contributed by atoms with E-state index in [2.05, 4.69) is 15.3 Å². The molecule has 0 spiro atoms. The van der Waals surface area contributed by atoms with Crippen molar-refractivity contribution in [3.63, 3.8) is 0 Å².